The summed E-state index contributed by atoms with van der Waals surface area (Å²) in [5.74, 6) is 0. The van der Waals surface area contributed by atoms with Gasteiger partial charge < -0.3 is 5.11 Å². The summed E-state index contributed by atoms with van der Waals surface area (Å²) in [4.78, 5) is 0. The number of rotatable bonds is 3. The Hall–Kier alpha value is 0.177. The van der Waals surface area contributed by atoms with Gasteiger partial charge >= 0.3 is 0 Å². The molecule has 0 bridgehead atoms. The molecule has 0 radical (unpaired) electrons. The minimum Gasteiger partial charge on any atom is -0.396 e. The van der Waals surface area contributed by atoms with E-state index in [0.29, 0.717) is 12.0 Å². The van der Waals surface area contributed by atoms with Crippen molar-refractivity contribution in [2.45, 2.75) is 26.3 Å². The third-order valence-corrected chi connectivity index (χ3v) is 3.66. The lowest BCUT2D eigenvalue weighted by Gasteiger charge is -2.20. The Kier molecular flexibility index (Phi) is 3.32. The molecule has 0 spiro atoms. The lowest BCUT2D eigenvalue weighted by molar-refractivity contribution is 0.225. The van der Waals surface area contributed by atoms with E-state index in [-0.39, 0.29) is 0 Å². The normalized spacial score (nSPS) is 12.4. The molecule has 1 nitrogen and oxygen atoms in total. The van der Waals surface area contributed by atoms with Crippen molar-refractivity contribution in [1.29, 1.82) is 0 Å². The van der Waals surface area contributed by atoms with Crippen molar-refractivity contribution in [3.8, 4) is 0 Å². The lowest BCUT2D eigenvalue weighted by Crippen LogP contribution is -2.11. The molecule has 0 aliphatic rings. The first-order valence-corrected chi connectivity index (χ1v) is 4.64. The summed E-state index contributed by atoms with van der Waals surface area (Å²) in [5.41, 5.74) is 0.404. The Labute approximate surface area is 54.5 Å². The largest absolute Gasteiger partial charge is 0.396 e. The quantitative estimate of drug-likeness (QED) is 0.543. The van der Waals surface area contributed by atoms with Crippen LogP contribution in [0.3, 0.4) is 0 Å². The molecule has 0 aliphatic heterocycles. The number of hydrogen-bond donors (Lipinski definition) is 1. The third kappa shape index (κ3) is 3.21. The average molecular weight is 132 g/mol. The fraction of sp³-hybridized carbons (Fsp3) is 1.00. The van der Waals surface area contributed by atoms with E-state index in [9.17, 15) is 0 Å². The maximum absolute atomic E-state index is 8.55. The van der Waals surface area contributed by atoms with Crippen LogP contribution in [0.5, 0.6) is 0 Å². The third-order valence-electron chi connectivity index (χ3n) is 1.75. The maximum Gasteiger partial charge on any atom is 0.0435 e. The lowest BCUT2D eigenvalue weighted by atomic mass is 9.92. The Morgan fingerprint density at radius 3 is 2.12 bits per heavy atom. The molecule has 0 atom stereocenters. The smallest absolute Gasteiger partial charge is 0.0435 e. The molecule has 0 aromatic heterocycles. The molecular weight excluding hydrogens is 116 g/mol. The molecule has 0 aliphatic carbocycles. The van der Waals surface area contributed by atoms with Crippen LogP contribution in [-0.2, 0) is 0 Å². The predicted octanol–water partition coefficient (Wildman–Crippen LogP) is 0.179. The van der Waals surface area contributed by atoms with Crippen LogP contribution < -0.4 is 0 Å². The van der Waals surface area contributed by atoms with Crippen LogP contribution in [0.25, 0.3) is 0 Å². The summed E-state index contributed by atoms with van der Waals surface area (Å²) < 4.78 is 0. The van der Waals surface area contributed by atoms with Crippen LogP contribution in [0, 0.1) is 5.41 Å². The van der Waals surface area contributed by atoms with E-state index in [4.69, 9.17) is 5.11 Å². The topological polar surface area (TPSA) is 20.2 Å². The zero-order valence-corrected chi connectivity index (χ0v) is 8.07. The first-order valence-electron chi connectivity index (χ1n) is 3.23. The van der Waals surface area contributed by atoms with Gasteiger partial charge in [-0.25, -0.2) is 0 Å². The van der Waals surface area contributed by atoms with Crippen LogP contribution in [-0.4, -0.2) is 22.0 Å². The van der Waals surface area contributed by atoms with Gasteiger partial charge in [0.2, 0.25) is 0 Å². The minimum atomic E-state index is 0.342. The molecular formula is C6H16OSi. The highest BCUT2D eigenvalue weighted by atomic mass is 28.1. The molecule has 8 heavy (non-hydrogen) atoms. The molecule has 0 rings (SSSR count). The molecule has 0 saturated heterocycles. The van der Waals surface area contributed by atoms with Crippen molar-refractivity contribution < 1.29 is 5.11 Å². The Balaban J connectivity index is 3.37. The van der Waals surface area contributed by atoms with Crippen molar-refractivity contribution in [2.24, 2.45) is 5.41 Å². The van der Waals surface area contributed by atoms with Crippen LogP contribution in [0.2, 0.25) is 6.04 Å². The van der Waals surface area contributed by atoms with E-state index in [1.807, 2.05) is 0 Å². The van der Waals surface area contributed by atoms with Crippen molar-refractivity contribution in [1.82, 2.24) is 0 Å². The summed E-state index contributed by atoms with van der Waals surface area (Å²) in [7, 11) is 1.25. The molecule has 50 valence electrons. The second-order valence-electron chi connectivity index (χ2n) is 2.99. The first kappa shape index (κ1) is 8.18. The summed E-state index contributed by atoms with van der Waals surface area (Å²) in [6.07, 6.45) is 0.955. The standard InChI is InChI=1S/C6H16OSi/c1-6(2,5-8)3-4-7/h7H,3-5H2,1-2,8H3. The summed E-state index contributed by atoms with van der Waals surface area (Å²) in [6.45, 7) is 4.75. The second kappa shape index (κ2) is 3.25. The van der Waals surface area contributed by atoms with Gasteiger partial charge in [-0.2, -0.15) is 0 Å². The van der Waals surface area contributed by atoms with Gasteiger partial charge in [0.05, 0.1) is 0 Å². The summed E-state index contributed by atoms with van der Waals surface area (Å²) in [6, 6.07) is 1.29. The molecule has 0 aromatic rings. The SMILES string of the molecule is CC(C)(C[SiH3])CCO. The fourth-order valence-electron chi connectivity index (χ4n) is 0.479. The first-order chi connectivity index (χ1) is 3.62. The molecule has 0 heterocycles. The van der Waals surface area contributed by atoms with Gasteiger partial charge in [-0.05, 0) is 11.8 Å². The van der Waals surface area contributed by atoms with E-state index >= 15 is 0 Å². The number of aliphatic hydroxyl groups is 1. The van der Waals surface area contributed by atoms with Crippen LogP contribution in [0.1, 0.15) is 20.3 Å². The van der Waals surface area contributed by atoms with Crippen LogP contribution in [0.4, 0.5) is 0 Å². The monoisotopic (exact) mass is 132 g/mol. The molecule has 0 aromatic carbocycles. The zero-order chi connectivity index (χ0) is 6.62. The van der Waals surface area contributed by atoms with E-state index in [0.717, 1.165) is 6.42 Å². The highest BCUT2D eigenvalue weighted by Gasteiger charge is 2.12. The zero-order valence-electron chi connectivity index (χ0n) is 6.07. The highest BCUT2D eigenvalue weighted by molar-refractivity contribution is 6.08. The van der Waals surface area contributed by atoms with Crippen molar-refractivity contribution >= 4 is 10.2 Å². The van der Waals surface area contributed by atoms with E-state index in [1.165, 1.54) is 16.3 Å². The van der Waals surface area contributed by atoms with Crippen molar-refractivity contribution in [3.05, 3.63) is 0 Å². The summed E-state index contributed by atoms with van der Waals surface area (Å²) in [5, 5.41) is 8.55. The van der Waals surface area contributed by atoms with Gasteiger partial charge in [0.15, 0.2) is 0 Å². The van der Waals surface area contributed by atoms with Gasteiger partial charge in [-0.1, -0.05) is 19.9 Å². The minimum absolute atomic E-state index is 0.342. The number of aliphatic hydroxyl groups excluding tert-OH is 1. The second-order valence-corrected chi connectivity index (χ2v) is 3.70. The molecule has 1 N–H and O–H groups in total. The van der Waals surface area contributed by atoms with Gasteiger partial charge in [0.1, 0.15) is 0 Å². The molecule has 0 amide bonds. The Morgan fingerprint density at radius 2 is 2.00 bits per heavy atom. The Morgan fingerprint density at radius 1 is 1.50 bits per heavy atom. The van der Waals surface area contributed by atoms with Crippen LogP contribution in [0.15, 0.2) is 0 Å². The highest BCUT2D eigenvalue weighted by Crippen LogP contribution is 2.22. The van der Waals surface area contributed by atoms with E-state index in [1.54, 1.807) is 0 Å². The van der Waals surface area contributed by atoms with Gasteiger partial charge in [-0.3, -0.25) is 0 Å². The predicted molar refractivity (Wildman–Crippen MR) is 40.2 cm³/mol. The van der Waals surface area contributed by atoms with Gasteiger partial charge in [0, 0.05) is 16.8 Å². The number of hydrogen-bond acceptors (Lipinski definition) is 1. The van der Waals surface area contributed by atoms with Crippen molar-refractivity contribution in [2.75, 3.05) is 6.61 Å². The van der Waals surface area contributed by atoms with Crippen molar-refractivity contribution in [3.63, 3.8) is 0 Å². The molecule has 0 unspecified atom stereocenters. The molecule has 0 saturated carbocycles. The Bertz CT molecular complexity index is 61.5. The molecule has 2 heteroatoms. The van der Waals surface area contributed by atoms with Crippen LogP contribution >= 0.6 is 0 Å². The van der Waals surface area contributed by atoms with Gasteiger partial charge in [-0.15, -0.1) is 0 Å². The maximum atomic E-state index is 8.55. The van der Waals surface area contributed by atoms with E-state index in [2.05, 4.69) is 13.8 Å². The van der Waals surface area contributed by atoms with Gasteiger partial charge in [0.25, 0.3) is 0 Å². The van der Waals surface area contributed by atoms with E-state index < -0.39 is 0 Å². The average Bonchev–Trinajstić information content (AvgIpc) is 1.67. The molecule has 0 fully saturated rings. The fourth-order valence-corrected chi connectivity index (χ4v) is 0.833. The summed E-state index contributed by atoms with van der Waals surface area (Å²) >= 11 is 0.